The van der Waals surface area contributed by atoms with Crippen molar-refractivity contribution in [2.75, 3.05) is 18.0 Å². The van der Waals surface area contributed by atoms with Crippen LogP contribution in [-0.4, -0.2) is 24.6 Å². The Bertz CT molecular complexity index is 1040. The predicted octanol–water partition coefficient (Wildman–Crippen LogP) is 7.16. The Hall–Kier alpha value is -1.52. The van der Waals surface area contributed by atoms with Crippen LogP contribution in [0.2, 0.25) is 20.1 Å². The minimum Gasteiger partial charge on any atom is -0.372 e. The van der Waals surface area contributed by atoms with Crippen molar-refractivity contribution < 1.29 is 4.79 Å². The van der Waals surface area contributed by atoms with E-state index in [1.54, 1.807) is 13.0 Å². The molecule has 2 aromatic carbocycles. The summed E-state index contributed by atoms with van der Waals surface area (Å²) in [6, 6.07) is 8.01. The Balaban J connectivity index is 1.81. The van der Waals surface area contributed by atoms with E-state index >= 15 is 0 Å². The fourth-order valence-corrected chi connectivity index (χ4v) is 4.60. The molecule has 144 valence electrons. The van der Waals surface area contributed by atoms with E-state index in [0.717, 1.165) is 18.8 Å². The van der Waals surface area contributed by atoms with Crippen LogP contribution in [-0.2, 0) is 0 Å². The van der Waals surface area contributed by atoms with Gasteiger partial charge in [0.2, 0.25) is 0 Å². The Morgan fingerprint density at radius 1 is 0.857 bits per heavy atom. The lowest BCUT2D eigenvalue weighted by atomic mass is 9.89. The summed E-state index contributed by atoms with van der Waals surface area (Å²) in [5.74, 6) is -0.233. The third kappa shape index (κ3) is 3.35. The molecule has 28 heavy (non-hydrogen) atoms. The fourth-order valence-electron chi connectivity index (χ4n) is 3.57. The van der Waals surface area contributed by atoms with E-state index in [1.807, 2.05) is 12.1 Å². The summed E-state index contributed by atoms with van der Waals surface area (Å²) in [5.41, 5.74) is 3.64. The minimum absolute atomic E-state index is 0.0736. The topological polar surface area (TPSA) is 32.7 Å². The molecule has 0 N–H and O–H groups in total. The van der Waals surface area contributed by atoms with E-state index < -0.39 is 0 Å². The number of carbonyl (C=O) groups excluding carboxylic acids is 1. The number of fused-ring (bicyclic) bond motifs is 1. The molecule has 2 aliphatic rings. The number of ketones is 1. The smallest absolute Gasteiger partial charge is 0.191 e. The number of hydrogen-bond acceptors (Lipinski definition) is 3. The molecule has 0 bridgehead atoms. The van der Waals surface area contributed by atoms with Gasteiger partial charge in [-0.2, -0.15) is 0 Å². The second-order valence-electron chi connectivity index (χ2n) is 6.87. The van der Waals surface area contributed by atoms with E-state index in [9.17, 15) is 4.79 Å². The van der Waals surface area contributed by atoms with Gasteiger partial charge in [-0.1, -0.05) is 46.4 Å². The summed E-state index contributed by atoms with van der Waals surface area (Å²) in [6.07, 6.45) is 4.15. The van der Waals surface area contributed by atoms with Gasteiger partial charge < -0.3 is 4.90 Å². The summed E-state index contributed by atoms with van der Waals surface area (Å²) in [4.78, 5) is 19.7. The normalized spacial score (nSPS) is 17.9. The molecule has 0 aromatic heterocycles. The summed E-state index contributed by atoms with van der Waals surface area (Å²) >= 11 is 25.1. The van der Waals surface area contributed by atoms with E-state index in [2.05, 4.69) is 17.0 Å². The van der Waals surface area contributed by atoms with Crippen LogP contribution < -0.4 is 4.90 Å². The van der Waals surface area contributed by atoms with Crippen LogP contribution in [0.15, 0.2) is 40.9 Å². The molecule has 4 rings (SSSR count). The van der Waals surface area contributed by atoms with E-state index in [0.29, 0.717) is 16.8 Å². The highest BCUT2D eigenvalue weighted by molar-refractivity contribution is 6.55. The average Bonchev–Trinajstić information content (AvgIpc) is 3.22. The summed E-state index contributed by atoms with van der Waals surface area (Å²) < 4.78 is 0. The lowest BCUT2D eigenvalue weighted by Gasteiger charge is -2.20. The van der Waals surface area contributed by atoms with Gasteiger partial charge in [0, 0.05) is 24.3 Å². The highest BCUT2D eigenvalue weighted by atomic mass is 35.5. The Kier molecular flexibility index (Phi) is 5.45. The second kappa shape index (κ2) is 7.72. The molecule has 0 saturated carbocycles. The molecule has 1 heterocycles. The zero-order chi connectivity index (χ0) is 20.0. The van der Waals surface area contributed by atoms with Crippen LogP contribution in [0.25, 0.3) is 0 Å². The van der Waals surface area contributed by atoms with Crippen molar-refractivity contribution >= 4 is 69.3 Å². The van der Waals surface area contributed by atoms with Crippen molar-refractivity contribution in [3.8, 4) is 0 Å². The maximum absolute atomic E-state index is 12.7. The molecule has 7 heteroatoms. The van der Waals surface area contributed by atoms with Crippen molar-refractivity contribution in [1.82, 2.24) is 0 Å². The van der Waals surface area contributed by atoms with E-state index in [-0.39, 0.29) is 31.4 Å². The highest BCUT2D eigenvalue weighted by Gasteiger charge is 2.31. The Morgan fingerprint density at radius 3 is 2.04 bits per heavy atom. The molecular weight excluding hydrogens is 438 g/mol. The van der Waals surface area contributed by atoms with E-state index in [4.69, 9.17) is 51.4 Å². The first-order chi connectivity index (χ1) is 13.4. The summed E-state index contributed by atoms with van der Waals surface area (Å²) in [6.45, 7) is 3.88. The number of benzene rings is 2. The van der Waals surface area contributed by atoms with Gasteiger partial charge in [-0.25, -0.2) is 4.99 Å². The zero-order valence-corrected chi connectivity index (χ0v) is 18.1. The van der Waals surface area contributed by atoms with Crippen LogP contribution in [0, 0.1) is 0 Å². The molecule has 0 spiro atoms. The predicted molar refractivity (Wildman–Crippen MR) is 119 cm³/mol. The molecule has 1 aliphatic heterocycles. The number of aliphatic imine (C=N–C) groups is 1. The number of rotatable bonds is 2. The van der Waals surface area contributed by atoms with Gasteiger partial charge in [0.15, 0.2) is 5.78 Å². The molecule has 1 aliphatic carbocycles. The summed E-state index contributed by atoms with van der Waals surface area (Å²) in [7, 11) is 0. The van der Waals surface area contributed by atoms with Crippen molar-refractivity contribution in [3.05, 3.63) is 67.1 Å². The van der Waals surface area contributed by atoms with Crippen molar-refractivity contribution in [2.45, 2.75) is 19.8 Å². The molecule has 1 saturated heterocycles. The number of nitrogens with zero attached hydrogens (tertiary/aromatic N) is 2. The van der Waals surface area contributed by atoms with Crippen molar-refractivity contribution in [3.63, 3.8) is 0 Å². The number of hydrogen-bond donors (Lipinski definition) is 0. The monoisotopic (exact) mass is 452 g/mol. The fraction of sp³-hybridized carbons (Fsp3) is 0.238. The molecule has 3 nitrogen and oxygen atoms in total. The second-order valence-corrected chi connectivity index (χ2v) is 8.38. The van der Waals surface area contributed by atoms with Gasteiger partial charge in [-0.3, -0.25) is 4.79 Å². The first-order valence-corrected chi connectivity index (χ1v) is 10.4. The zero-order valence-electron chi connectivity index (χ0n) is 15.0. The van der Waals surface area contributed by atoms with Crippen LogP contribution in [0.1, 0.15) is 35.7 Å². The maximum atomic E-state index is 12.7. The van der Waals surface area contributed by atoms with Gasteiger partial charge in [0.1, 0.15) is 0 Å². The molecule has 0 radical (unpaired) electrons. The van der Waals surface area contributed by atoms with Crippen LogP contribution in [0.3, 0.4) is 0 Å². The quantitative estimate of drug-likeness (QED) is 0.356. The molecule has 0 amide bonds. The number of Topliss-reactive ketones (excluding diaryl/α,β-unsaturated/α-hetero) is 1. The third-order valence-corrected chi connectivity index (χ3v) is 6.83. The number of carbonyl (C=O) groups is 1. The first kappa shape index (κ1) is 19.8. The molecule has 0 unspecified atom stereocenters. The van der Waals surface area contributed by atoms with Gasteiger partial charge in [0.05, 0.1) is 37.1 Å². The molecule has 0 atom stereocenters. The maximum Gasteiger partial charge on any atom is 0.191 e. The van der Waals surface area contributed by atoms with Crippen molar-refractivity contribution in [1.29, 1.82) is 0 Å². The first-order valence-electron chi connectivity index (χ1n) is 8.91. The molecule has 1 fully saturated rings. The Labute approximate surface area is 183 Å². The number of halogens is 4. The van der Waals surface area contributed by atoms with Gasteiger partial charge in [-0.05, 0) is 55.7 Å². The standard InChI is InChI=1S/C21H16Cl4N2O/c1-11-10-14(15-16(21(11)28)18(23)20(25)19(24)17(15)22)26-12-4-6-13(7-5-12)27-8-2-3-9-27/h4-7,10H,2-3,8-9H2,1H3. The number of allylic oxidation sites excluding steroid dienone is 2. The average molecular weight is 454 g/mol. The number of anilines is 1. The lowest BCUT2D eigenvalue weighted by molar-refractivity contribution is 0.103. The van der Waals surface area contributed by atoms with E-state index in [1.165, 1.54) is 18.5 Å². The van der Waals surface area contributed by atoms with Crippen molar-refractivity contribution in [2.24, 2.45) is 4.99 Å². The lowest BCUT2D eigenvalue weighted by Crippen LogP contribution is -2.18. The van der Waals surface area contributed by atoms with Crippen LogP contribution >= 0.6 is 46.4 Å². The molecular formula is C21H16Cl4N2O. The minimum atomic E-state index is -0.233. The summed E-state index contributed by atoms with van der Waals surface area (Å²) in [5, 5.41) is 0.463. The van der Waals surface area contributed by atoms with Gasteiger partial charge in [-0.15, -0.1) is 0 Å². The van der Waals surface area contributed by atoms with Crippen LogP contribution in [0.5, 0.6) is 0 Å². The Morgan fingerprint density at radius 2 is 1.43 bits per heavy atom. The highest BCUT2D eigenvalue weighted by Crippen LogP contribution is 2.44. The SMILES string of the molecule is CC1=CC(=Nc2ccc(N3CCCC3)cc2)c2c(Cl)c(Cl)c(Cl)c(Cl)c2C1=O. The van der Waals surface area contributed by atoms with Gasteiger partial charge in [0.25, 0.3) is 0 Å². The third-order valence-electron chi connectivity index (χ3n) is 5.03. The van der Waals surface area contributed by atoms with Gasteiger partial charge >= 0.3 is 0 Å². The largest absolute Gasteiger partial charge is 0.372 e. The molecule has 2 aromatic rings. The van der Waals surface area contributed by atoms with Crippen LogP contribution in [0.4, 0.5) is 11.4 Å².